The highest BCUT2D eigenvalue weighted by Crippen LogP contribution is 2.30. The van der Waals surface area contributed by atoms with Gasteiger partial charge < -0.3 is 4.74 Å². The molecular formula is C21H23N3O. The first-order valence-corrected chi connectivity index (χ1v) is 8.94. The third-order valence-electron chi connectivity index (χ3n) is 5.31. The normalized spacial score (nSPS) is 24.4. The molecule has 25 heavy (non-hydrogen) atoms. The van der Waals surface area contributed by atoms with E-state index in [9.17, 15) is 5.26 Å². The number of piperazine rings is 1. The van der Waals surface area contributed by atoms with Crippen LogP contribution in [0.5, 0.6) is 0 Å². The summed E-state index contributed by atoms with van der Waals surface area (Å²) in [5.41, 5.74) is 3.25. The van der Waals surface area contributed by atoms with Crippen LogP contribution in [0.3, 0.4) is 0 Å². The van der Waals surface area contributed by atoms with Gasteiger partial charge in [0.2, 0.25) is 0 Å². The van der Waals surface area contributed by atoms with Gasteiger partial charge in [-0.2, -0.15) is 5.26 Å². The van der Waals surface area contributed by atoms with Gasteiger partial charge in [0.1, 0.15) is 0 Å². The lowest BCUT2D eigenvalue weighted by atomic mass is 9.99. The van der Waals surface area contributed by atoms with Gasteiger partial charge in [-0.3, -0.25) is 9.80 Å². The molecule has 2 aromatic carbocycles. The number of fused-ring (bicyclic) bond motifs is 1. The largest absolute Gasteiger partial charge is 0.378 e. The highest BCUT2D eigenvalue weighted by molar-refractivity contribution is 5.37. The van der Waals surface area contributed by atoms with E-state index >= 15 is 0 Å². The second kappa shape index (κ2) is 7.37. The molecule has 0 saturated carbocycles. The number of rotatable bonds is 3. The molecule has 2 fully saturated rings. The molecule has 2 saturated heterocycles. The van der Waals surface area contributed by atoms with Gasteiger partial charge in [0.05, 0.1) is 30.9 Å². The molecule has 0 aliphatic carbocycles. The molecule has 0 radical (unpaired) electrons. The second-order valence-corrected chi connectivity index (χ2v) is 6.86. The maximum Gasteiger partial charge on any atom is 0.0995 e. The number of nitriles is 1. The van der Waals surface area contributed by atoms with E-state index in [0.29, 0.717) is 12.1 Å². The second-order valence-electron chi connectivity index (χ2n) is 6.86. The first-order chi connectivity index (χ1) is 12.3. The van der Waals surface area contributed by atoms with Crippen LogP contribution in [0.25, 0.3) is 0 Å². The molecule has 4 rings (SSSR count). The van der Waals surface area contributed by atoms with E-state index in [1.807, 2.05) is 18.2 Å². The van der Waals surface area contributed by atoms with Crippen molar-refractivity contribution < 1.29 is 4.74 Å². The number of hydrogen-bond acceptors (Lipinski definition) is 4. The minimum absolute atomic E-state index is 0.355. The molecule has 128 valence electrons. The van der Waals surface area contributed by atoms with Crippen molar-refractivity contribution in [2.24, 2.45) is 0 Å². The molecule has 0 amide bonds. The molecule has 4 nitrogen and oxygen atoms in total. The van der Waals surface area contributed by atoms with E-state index in [1.165, 1.54) is 5.56 Å². The Labute approximate surface area is 149 Å². The van der Waals surface area contributed by atoms with Crippen LogP contribution in [0.1, 0.15) is 22.7 Å². The fourth-order valence-corrected chi connectivity index (χ4v) is 4.02. The zero-order valence-corrected chi connectivity index (χ0v) is 14.3. The highest BCUT2D eigenvalue weighted by atomic mass is 16.5. The summed E-state index contributed by atoms with van der Waals surface area (Å²) in [6.07, 6.45) is 0. The van der Waals surface area contributed by atoms with Gasteiger partial charge in [0.25, 0.3) is 0 Å². The van der Waals surface area contributed by atoms with Crippen LogP contribution in [0.2, 0.25) is 0 Å². The van der Waals surface area contributed by atoms with E-state index in [2.05, 4.69) is 52.3 Å². The topological polar surface area (TPSA) is 39.5 Å². The number of nitrogens with zero attached hydrogens (tertiary/aromatic N) is 3. The molecule has 0 N–H and O–H groups in total. The number of hydrogen-bond donors (Lipinski definition) is 0. The van der Waals surface area contributed by atoms with Crippen molar-refractivity contribution >= 4 is 0 Å². The summed E-state index contributed by atoms with van der Waals surface area (Å²) in [6.45, 7) is 5.46. The fraction of sp³-hybridized carbons (Fsp3) is 0.381. The third kappa shape index (κ3) is 3.45. The van der Waals surface area contributed by atoms with E-state index in [1.54, 1.807) is 0 Å². The lowest BCUT2D eigenvalue weighted by molar-refractivity contribution is -0.0836. The average Bonchev–Trinajstić information content (AvgIpc) is 2.68. The van der Waals surface area contributed by atoms with Gasteiger partial charge in [-0.1, -0.05) is 48.5 Å². The van der Waals surface area contributed by atoms with Crippen molar-refractivity contribution in [1.82, 2.24) is 9.80 Å². The lowest BCUT2D eigenvalue weighted by Crippen LogP contribution is -2.58. The van der Waals surface area contributed by atoms with Crippen LogP contribution in [0.15, 0.2) is 54.6 Å². The number of benzene rings is 2. The maximum absolute atomic E-state index is 9.30. The van der Waals surface area contributed by atoms with Gasteiger partial charge in [0.15, 0.2) is 0 Å². The summed E-state index contributed by atoms with van der Waals surface area (Å²) in [5, 5.41) is 9.30. The van der Waals surface area contributed by atoms with Crippen molar-refractivity contribution in [2.75, 3.05) is 32.8 Å². The van der Waals surface area contributed by atoms with Crippen LogP contribution in [-0.2, 0) is 11.3 Å². The van der Waals surface area contributed by atoms with E-state index in [4.69, 9.17) is 4.74 Å². The summed E-state index contributed by atoms with van der Waals surface area (Å²) in [4.78, 5) is 5.06. The summed E-state index contributed by atoms with van der Waals surface area (Å²) in [6, 6.07) is 21.7. The van der Waals surface area contributed by atoms with Crippen LogP contribution in [0.4, 0.5) is 0 Å². The molecule has 2 aliphatic heterocycles. The molecule has 0 spiro atoms. The van der Waals surface area contributed by atoms with E-state index < -0.39 is 0 Å². The molecule has 0 aromatic heterocycles. The minimum Gasteiger partial charge on any atom is -0.378 e. The summed E-state index contributed by atoms with van der Waals surface area (Å²) in [5.74, 6) is 0. The number of morpholine rings is 1. The predicted octanol–water partition coefficient (Wildman–Crippen LogP) is 2.82. The SMILES string of the molecule is N#Cc1ccccc1CN1CCN2[C@@H](COC[C@@H]2c2ccccc2)C1. The average molecular weight is 333 g/mol. The molecular weight excluding hydrogens is 310 g/mol. The Morgan fingerprint density at radius 1 is 1.00 bits per heavy atom. The summed E-state index contributed by atoms with van der Waals surface area (Å²) < 4.78 is 5.93. The van der Waals surface area contributed by atoms with Gasteiger partial charge in [0, 0.05) is 32.2 Å². The Hall–Kier alpha value is -2.19. The van der Waals surface area contributed by atoms with Crippen LogP contribution in [0, 0.1) is 11.3 Å². The van der Waals surface area contributed by atoms with Crippen molar-refractivity contribution in [3.05, 3.63) is 71.3 Å². The Morgan fingerprint density at radius 2 is 1.80 bits per heavy atom. The first kappa shape index (κ1) is 16.3. The van der Waals surface area contributed by atoms with Crippen molar-refractivity contribution in [1.29, 1.82) is 5.26 Å². The molecule has 0 unspecified atom stereocenters. The van der Waals surface area contributed by atoms with Crippen LogP contribution < -0.4 is 0 Å². The highest BCUT2D eigenvalue weighted by Gasteiger charge is 2.36. The zero-order chi connectivity index (χ0) is 17.1. The van der Waals surface area contributed by atoms with Gasteiger partial charge in [-0.15, -0.1) is 0 Å². The molecule has 2 aliphatic rings. The van der Waals surface area contributed by atoms with Crippen molar-refractivity contribution in [2.45, 2.75) is 18.6 Å². The van der Waals surface area contributed by atoms with Gasteiger partial charge in [-0.25, -0.2) is 0 Å². The lowest BCUT2D eigenvalue weighted by Gasteiger charge is -2.48. The summed E-state index contributed by atoms with van der Waals surface area (Å²) >= 11 is 0. The van der Waals surface area contributed by atoms with Crippen LogP contribution in [-0.4, -0.2) is 48.7 Å². The Morgan fingerprint density at radius 3 is 2.64 bits per heavy atom. The molecule has 2 heterocycles. The molecule has 2 atom stereocenters. The Kier molecular flexibility index (Phi) is 4.80. The predicted molar refractivity (Wildman–Crippen MR) is 96.9 cm³/mol. The van der Waals surface area contributed by atoms with Crippen LogP contribution >= 0.6 is 0 Å². The quantitative estimate of drug-likeness (QED) is 0.866. The summed E-state index contributed by atoms with van der Waals surface area (Å²) in [7, 11) is 0. The number of ether oxygens (including phenoxy) is 1. The smallest absolute Gasteiger partial charge is 0.0995 e. The minimum atomic E-state index is 0.355. The van der Waals surface area contributed by atoms with Crippen molar-refractivity contribution in [3.63, 3.8) is 0 Å². The molecule has 2 aromatic rings. The van der Waals surface area contributed by atoms with Gasteiger partial charge >= 0.3 is 0 Å². The standard InChI is InChI=1S/C21H23N3O/c22-12-18-8-4-5-9-19(18)13-23-10-11-24-20(14-23)15-25-16-21(24)17-6-2-1-3-7-17/h1-9,20-21H,10-11,13-16H2/t20-,21-/m1/s1. The van der Waals surface area contributed by atoms with Crippen molar-refractivity contribution in [3.8, 4) is 6.07 Å². The Balaban J connectivity index is 1.46. The monoisotopic (exact) mass is 333 g/mol. The first-order valence-electron chi connectivity index (χ1n) is 8.94. The van der Waals surface area contributed by atoms with Gasteiger partial charge in [-0.05, 0) is 17.2 Å². The third-order valence-corrected chi connectivity index (χ3v) is 5.31. The van der Waals surface area contributed by atoms with E-state index in [-0.39, 0.29) is 0 Å². The molecule has 4 heteroatoms. The zero-order valence-electron chi connectivity index (χ0n) is 14.3. The molecule has 0 bridgehead atoms. The van der Waals surface area contributed by atoms with E-state index in [0.717, 1.165) is 50.5 Å². The maximum atomic E-state index is 9.30. The fourth-order valence-electron chi connectivity index (χ4n) is 4.02. The Bertz CT molecular complexity index is 755.